The van der Waals surface area contributed by atoms with E-state index in [0.717, 1.165) is 21.3 Å². The number of phenols is 1. The lowest BCUT2D eigenvalue weighted by Gasteiger charge is -2.10. The minimum Gasteiger partial charge on any atom is -0.507 e. The van der Waals surface area contributed by atoms with Crippen LogP contribution >= 0.6 is 27.7 Å². The summed E-state index contributed by atoms with van der Waals surface area (Å²) in [5.41, 5.74) is 5.96. The van der Waals surface area contributed by atoms with E-state index in [1.165, 1.54) is 18.0 Å². The van der Waals surface area contributed by atoms with Gasteiger partial charge in [-0.3, -0.25) is 9.36 Å². The Bertz CT molecular complexity index is 1290. The summed E-state index contributed by atoms with van der Waals surface area (Å²) in [5.74, 6) is 0.571. The number of hydrazone groups is 1. The highest BCUT2D eigenvalue weighted by atomic mass is 79.9. The van der Waals surface area contributed by atoms with Gasteiger partial charge < -0.3 is 5.11 Å². The van der Waals surface area contributed by atoms with Gasteiger partial charge in [0, 0.05) is 21.3 Å². The van der Waals surface area contributed by atoms with E-state index in [0.29, 0.717) is 16.5 Å². The number of hydrogen-bond donors (Lipinski definition) is 2. The molecule has 0 unspecified atom stereocenters. The average molecular weight is 522 g/mol. The predicted molar refractivity (Wildman–Crippen MR) is 134 cm³/mol. The third-order valence-electron chi connectivity index (χ3n) is 4.67. The molecule has 0 atom stereocenters. The van der Waals surface area contributed by atoms with Gasteiger partial charge in [-0.1, -0.05) is 75.7 Å². The van der Waals surface area contributed by atoms with Crippen molar-refractivity contribution in [2.24, 2.45) is 5.10 Å². The zero-order valence-corrected chi connectivity index (χ0v) is 20.0. The number of hydrogen-bond acceptors (Lipinski definition) is 6. The van der Waals surface area contributed by atoms with Gasteiger partial charge in [0.2, 0.25) is 0 Å². The molecule has 1 amide bonds. The molecule has 2 N–H and O–H groups in total. The van der Waals surface area contributed by atoms with Gasteiger partial charge in [-0.25, -0.2) is 5.43 Å². The number of carbonyl (C=O) groups excluding carboxylic acids is 1. The Kier molecular flexibility index (Phi) is 7.21. The van der Waals surface area contributed by atoms with Crippen molar-refractivity contribution in [3.05, 3.63) is 88.4 Å². The van der Waals surface area contributed by atoms with E-state index in [4.69, 9.17) is 0 Å². The molecule has 0 spiro atoms. The van der Waals surface area contributed by atoms with Crippen molar-refractivity contribution in [2.45, 2.75) is 12.1 Å². The molecule has 0 aliphatic heterocycles. The van der Waals surface area contributed by atoms with Crippen LogP contribution < -0.4 is 5.43 Å². The molecule has 4 rings (SSSR count). The highest BCUT2D eigenvalue weighted by Crippen LogP contribution is 2.28. The second-order valence-corrected chi connectivity index (χ2v) is 8.99. The highest BCUT2D eigenvalue weighted by molar-refractivity contribution is 9.10. The Morgan fingerprint density at radius 2 is 1.88 bits per heavy atom. The summed E-state index contributed by atoms with van der Waals surface area (Å²) in [5, 5.41) is 23.1. The van der Waals surface area contributed by atoms with Gasteiger partial charge in [-0.05, 0) is 37.3 Å². The number of aromatic hydroxyl groups is 1. The van der Waals surface area contributed by atoms with Crippen LogP contribution in [-0.4, -0.2) is 37.7 Å². The predicted octanol–water partition coefficient (Wildman–Crippen LogP) is 4.95. The number of rotatable bonds is 7. The van der Waals surface area contributed by atoms with Gasteiger partial charge in [0.05, 0.1) is 12.0 Å². The van der Waals surface area contributed by atoms with Crippen LogP contribution in [0.25, 0.3) is 17.1 Å². The summed E-state index contributed by atoms with van der Waals surface area (Å²) in [6.07, 6.45) is 1.39. The maximum absolute atomic E-state index is 12.4. The second kappa shape index (κ2) is 10.5. The molecule has 0 saturated heterocycles. The number of carbonyl (C=O) groups is 1. The lowest BCUT2D eigenvalue weighted by molar-refractivity contribution is -0.118. The van der Waals surface area contributed by atoms with Crippen molar-refractivity contribution in [3.63, 3.8) is 0 Å². The second-order valence-electron chi connectivity index (χ2n) is 7.13. The van der Waals surface area contributed by atoms with E-state index in [2.05, 4.69) is 36.7 Å². The van der Waals surface area contributed by atoms with Crippen LogP contribution in [0.5, 0.6) is 5.75 Å². The van der Waals surface area contributed by atoms with Crippen molar-refractivity contribution in [1.82, 2.24) is 20.2 Å². The summed E-state index contributed by atoms with van der Waals surface area (Å²) in [6, 6.07) is 22.8. The van der Waals surface area contributed by atoms with E-state index in [-0.39, 0.29) is 17.4 Å². The summed E-state index contributed by atoms with van der Waals surface area (Å²) in [6.45, 7) is 2.03. The first-order valence-corrected chi connectivity index (χ1v) is 11.8. The molecule has 9 heteroatoms. The topological polar surface area (TPSA) is 92.4 Å². The number of benzene rings is 3. The summed E-state index contributed by atoms with van der Waals surface area (Å²) < 4.78 is 2.74. The molecule has 0 radical (unpaired) electrons. The normalized spacial score (nSPS) is 11.1. The van der Waals surface area contributed by atoms with Crippen LogP contribution in [0.15, 0.2) is 87.5 Å². The SMILES string of the molecule is Cc1ccc(-n2c(SCC(=O)NN=Cc3cc(Br)ccc3O)nnc2-c2ccccc2)cc1. The molecule has 0 saturated carbocycles. The van der Waals surface area contributed by atoms with Crippen LogP contribution in [0.4, 0.5) is 0 Å². The van der Waals surface area contributed by atoms with Gasteiger partial charge in [-0.2, -0.15) is 5.10 Å². The first-order chi connectivity index (χ1) is 16.0. The highest BCUT2D eigenvalue weighted by Gasteiger charge is 2.17. The summed E-state index contributed by atoms with van der Waals surface area (Å²) in [7, 11) is 0. The van der Waals surface area contributed by atoms with Crippen molar-refractivity contribution >= 4 is 39.8 Å². The fourth-order valence-electron chi connectivity index (χ4n) is 3.03. The van der Waals surface area contributed by atoms with Crippen LogP contribution in [0, 0.1) is 6.92 Å². The molecule has 33 heavy (non-hydrogen) atoms. The first-order valence-electron chi connectivity index (χ1n) is 10.0. The quantitative estimate of drug-likeness (QED) is 0.204. The fourth-order valence-corrected chi connectivity index (χ4v) is 4.15. The molecule has 0 aliphatic rings. The first kappa shape index (κ1) is 22.8. The Morgan fingerprint density at radius 1 is 1.12 bits per heavy atom. The number of halogens is 1. The zero-order valence-electron chi connectivity index (χ0n) is 17.6. The summed E-state index contributed by atoms with van der Waals surface area (Å²) in [4.78, 5) is 12.4. The molecule has 3 aromatic carbocycles. The van der Waals surface area contributed by atoms with Gasteiger partial charge in [-0.15, -0.1) is 10.2 Å². The molecular weight excluding hydrogens is 502 g/mol. The Labute approximate surface area is 203 Å². The van der Waals surface area contributed by atoms with E-state index in [9.17, 15) is 9.90 Å². The number of aromatic nitrogens is 3. The fraction of sp³-hybridized carbons (Fsp3) is 0.0833. The van der Waals surface area contributed by atoms with E-state index in [1.54, 1.807) is 18.2 Å². The Morgan fingerprint density at radius 3 is 2.64 bits per heavy atom. The molecule has 1 heterocycles. The van der Waals surface area contributed by atoms with Crippen LogP contribution in [0.1, 0.15) is 11.1 Å². The smallest absolute Gasteiger partial charge is 0.250 e. The molecule has 7 nitrogen and oxygen atoms in total. The van der Waals surface area contributed by atoms with Crippen molar-refractivity contribution in [2.75, 3.05) is 5.75 Å². The summed E-state index contributed by atoms with van der Waals surface area (Å²) >= 11 is 4.61. The van der Waals surface area contributed by atoms with E-state index in [1.807, 2.05) is 66.1 Å². The molecular formula is C24H20BrN5O2S. The molecule has 1 aromatic heterocycles. The Balaban J connectivity index is 1.50. The average Bonchev–Trinajstić information content (AvgIpc) is 3.25. The molecule has 0 aliphatic carbocycles. The van der Waals surface area contributed by atoms with E-state index < -0.39 is 0 Å². The van der Waals surface area contributed by atoms with Crippen molar-refractivity contribution < 1.29 is 9.90 Å². The lowest BCUT2D eigenvalue weighted by atomic mass is 10.2. The monoisotopic (exact) mass is 521 g/mol. The maximum Gasteiger partial charge on any atom is 0.250 e. The van der Waals surface area contributed by atoms with Crippen LogP contribution in [-0.2, 0) is 4.79 Å². The number of nitrogens with one attached hydrogen (secondary N) is 1. The van der Waals surface area contributed by atoms with Crippen molar-refractivity contribution in [3.8, 4) is 22.8 Å². The number of amides is 1. The lowest BCUT2D eigenvalue weighted by Crippen LogP contribution is -2.20. The third-order valence-corrected chi connectivity index (χ3v) is 6.09. The van der Waals surface area contributed by atoms with Crippen LogP contribution in [0.2, 0.25) is 0 Å². The Hall–Kier alpha value is -3.43. The molecule has 0 bridgehead atoms. The maximum atomic E-state index is 12.4. The van der Waals surface area contributed by atoms with E-state index >= 15 is 0 Å². The molecule has 166 valence electrons. The number of nitrogens with zero attached hydrogens (tertiary/aromatic N) is 4. The third kappa shape index (κ3) is 5.68. The zero-order chi connectivity index (χ0) is 23.2. The minimum absolute atomic E-state index is 0.0743. The van der Waals surface area contributed by atoms with Gasteiger partial charge in [0.25, 0.3) is 5.91 Å². The number of aryl methyl sites for hydroxylation is 1. The van der Waals surface area contributed by atoms with Gasteiger partial charge >= 0.3 is 0 Å². The molecule has 0 fully saturated rings. The van der Waals surface area contributed by atoms with Crippen molar-refractivity contribution in [1.29, 1.82) is 0 Å². The van der Waals surface area contributed by atoms with Gasteiger partial charge in [0.15, 0.2) is 11.0 Å². The van der Waals surface area contributed by atoms with Gasteiger partial charge in [0.1, 0.15) is 5.75 Å². The number of phenolic OH excluding ortho intramolecular Hbond substituents is 1. The number of thioether (sulfide) groups is 1. The largest absolute Gasteiger partial charge is 0.507 e. The molecule has 4 aromatic rings. The van der Waals surface area contributed by atoms with Crippen LogP contribution in [0.3, 0.4) is 0 Å². The standard InChI is InChI=1S/C24H20BrN5O2S/c1-16-7-10-20(11-8-16)30-23(17-5-3-2-4-6-17)28-29-24(30)33-15-22(32)27-26-14-18-13-19(25)9-12-21(18)31/h2-14,31H,15H2,1H3,(H,27,32). The minimum atomic E-state index is -0.301.